The summed E-state index contributed by atoms with van der Waals surface area (Å²) in [5.41, 5.74) is 0. The Bertz CT molecular complexity index is 99.7. The second-order valence-corrected chi connectivity index (χ2v) is 2.37. The lowest BCUT2D eigenvalue weighted by Crippen LogP contribution is -2.34. The van der Waals surface area contributed by atoms with E-state index in [9.17, 15) is 13.2 Å². The number of aliphatic hydroxyl groups excluding tert-OH is 1. The second kappa shape index (κ2) is 3.23. The molecule has 0 radical (unpaired) electrons. The Hall–Kier alpha value is -0.250. The van der Waals surface area contributed by atoms with E-state index in [1.807, 2.05) is 0 Å². The zero-order valence-corrected chi connectivity index (χ0v) is 5.94. The normalized spacial score (nSPS) is 18.6. The minimum Gasteiger partial charge on any atom is -0.383 e. The fourth-order valence-electron chi connectivity index (χ4n) is 0.546. The molecule has 2 atom stereocenters. The van der Waals surface area contributed by atoms with E-state index >= 15 is 0 Å². The molecule has 0 spiro atoms. The fourth-order valence-corrected chi connectivity index (χ4v) is 0.546. The smallest absolute Gasteiger partial charge is 0.383 e. The Balaban J connectivity index is 3.94. The number of aliphatic hydroxyl groups is 1. The molecule has 1 nitrogen and oxygen atoms in total. The second-order valence-electron chi connectivity index (χ2n) is 2.37. The molecule has 62 valence electrons. The molecule has 0 aromatic heterocycles. The van der Waals surface area contributed by atoms with Crippen LogP contribution in [-0.2, 0) is 0 Å². The molecule has 2 unspecified atom stereocenters. The van der Waals surface area contributed by atoms with Crippen molar-refractivity contribution in [1.29, 1.82) is 0 Å². The van der Waals surface area contributed by atoms with Crippen molar-refractivity contribution in [3.05, 3.63) is 0 Å². The molecule has 0 rings (SSSR count). The molecule has 0 aliphatic rings. The van der Waals surface area contributed by atoms with Crippen LogP contribution < -0.4 is 0 Å². The summed E-state index contributed by atoms with van der Waals surface area (Å²) in [5, 5.41) is 8.53. The summed E-state index contributed by atoms with van der Waals surface area (Å²) >= 11 is 0. The van der Waals surface area contributed by atoms with Gasteiger partial charge in [0.05, 0.1) is 0 Å². The third-order valence-electron chi connectivity index (χ3n) is 1.52. The molecule has 10 heavy (non-hydrogen) atoms. The van der Waals surface area contributed by atoms with Gasteiger partial charge >= 0.3 is 6.18 Å². The van der Waals surface area contributed by atoms with Gasteiger partial charge in [0, 0.05) is 0 Å². The maximum atomic E-state index is 11.6. The van der Waals surface area contributed by atoms with E-state index in [1.54, 1.807) is 6.92 Å². The van der Waals surface area contributed by atoms with Crippen LogP contribution in [0, 0.1) is 5.92 Å². The van der Waals surface area contributed by atoms with Crippen LogP contribution in [0.4, 0.5) is 13.2 Å². The van der Waals surface area contributed by atoms with Gasteiger partial charge in [-0.2, -0.15) is 13.2 Å². The van der Waals surface area contributed by atoms with E-state index in [-0.39, 0.29) is 0 Å². The topological polar surface area (TPSA) is 20.2 Å². The van der Waals surface area contributed by atoms with Crippen molar-refractivity contribution in [3.63, 3.8) is 0 Å². The van der Waals surface area contributed by atoms with Crippen molar-refractivity contribution in [3.8, 4) is 0 Å². The van der Waals surface area contributed by atoms with Crippen molar-refractivity contribution >= 4 is 0 Å². The Morgan fingerprint density at radius 1 is 1.40 bits per heavy atom. The molecule has 0 fully saturated rings. The fraction of sp³-hybridized carbons (Fsp3) is 1.00. The minimum absolute atomic E-state index is 0.334. The number of rotatable bonds is 2. The van der Waals surface area contributed by atoms with Gasteiger partial charge in [-0.3, -0.25) is 0 Å². The first kappa shape index (κ1) is 9.75. The van der Waals surface area contributed by atoms with Gasteiger partial charge < -0.3 is 5.11 Å². The third-order valence-corrected chi connectivity index (χ3v) is 1.52. The Kier molecular flexibility index (Phi) is 3.15. The molecule has 0 saturated carbocycles. The molecular weight excluding hydrogens is 145 g/mol. The van der Waals surface area contributed by atoms with Crippen LogP contribution in [0.25, 0.3) is 0 Å². The molecule has 0 heterocycles. The molecule has 0 aliphatic heterocycles. The van der Waals surface area contributed by atoms with Crippen LogP contribution in [0.15, 0.2) is 0 Å². The van der Waals surface area contributed by atoms with E-state index in [4.69, 9.17) is 5.11 Å². The number of halogens is 3. The van der Waals surface area contributed by atoms with Crippen LogP contribution >= 0.6 is 0 Å². The highest BCUT2D eigenvalue weighted by molar-refractivity contribution is 4.70. The molecule has 4 heteroatoms. The molecule has 0 aromatic rings. The maximum Gasteiger partial charge on any atom is 0.414 e. The summed E-state index contributed by atoms with van der Waals surface area (Å²) in [4.78, 5) is 0. The summed E-state index contributed by atoms with van der Waals surface area (Å²) in [5.74, 6) is -0.708. The van der Waals surface area contributed by atoms with Crippen LogP contribution in [0.2, 0.25) is 0 Å². The summed E-state index contributed by atoms with van der Waals surface area (Å²) < 4.78 is 34.9. The van der Waals surface area contributed by atoms with E-state index < -0.39 is 18.2 Å². The average Bonchev–Trinajstić information content (AvgIpc) is 1.83. The lowest BCUT2D eigenvalue weighted by Gasteiger charge is -2.19. The van der Waals surface area contributed by atoms with E-state index in [1.165, 1.54) is 6.92 Å². The summed E-state index contributed by atoms with van der Waals surface area (Å²) in [6.07, 6.45) is -6.30. The molecule has 0 aromatic carbocycles. The third kappa shape index (κ3) is 2.56. The Morgan fingerprint density at radius 3 is 1.90 bits per heavy atom. The van der Waals surface area contributed by atoms with Gasteiger partial charge in [0.25, 0.3) is 0 Å². The SMILES string of the molecule is CCC(C)C(O)C(F)(F)F. The zero-order valence-electron chi connectivity index (χ0n) is 5.94. The zero-order chi connectivity index (χ0) is 8.36. The Morgan fingerprint density at radius 2 is 1.80 bits per heavy atom. The molecule has 1 N–H and O–H groups in total. The van der Waals surface area contributed by atoms with Gasteiger partial charge in [0.15, 0.2) is 6.10 Å². The number of alkyl halides is 3. The highest BCUT2D eigenvalue weighted by Crippen LogP contribution is 2.26. The van der Waals surface area contributed by atoms with E-state index in [2.05, 4.69) is 0 Å². The van der Waals surface area contributed by atoms with Gasteiger partial charge in [-0.25, -0.2) is 0 Å². The van der Waals surface area contributed by atoms with Gasteiger partial charge in [-0.05, 0) is 5.92 Å². The number of hydrogen-bond acceptors (Lipinski definition) is 1. The predicted molar refractivity (Wildman–Crippen MR) is 31.5 cm³/mol. The quantitative estimate of drug-likeness (QED) is 0.647. The van der Waals surface area contributed by atoms with Gasteiger partial charge in [0.1, 0.15) is 0 Å². The first-order valence-corrected chi connectivity index (χ1v) is 3.14. The maximum absolute atomic E-state index is 11.6. The summed E-state index contributed by atoms with van der Waals surface area (Å²) in [7, 11) is 0. The average molecular weight is 156 g/mol. The lowest BCUT2D eigenvalue weighted by molar-refractivity contribution is -0.217. The first-order valence-electron chi connectivity index (χ1n) is 3.14. The molecule has 0 amide bonds. The minimum atomic E-state index is -4.46. The van der Waals surface area contributed by atoms with Crippen molar-refractivity contribution in [2.45, 2.75) is 32.5 Å². The summed E-state index contributed by atoms with van der Waals surface area (Å²) in [6, 6.07) is 0. The molecule has 0 saturated heterocycles. The van der Waals surface area contributed by atoms with Gasteiger partial charge in [-0.1, -0.05) is 20.3 Å². The van der Waals surface area contributed by atoms with Crippen molar-refractivity contribution in [2.24, 2.45) is 5.92 Å². The lowest BCUT2D eigenvalue weighted by atomic mass is 10.0. The van der Waals surface area contributed by atoms with Crippen molar-refractivity contribution in [1.82, 2.24) is 0 Å². The van der Waals surface area contributed by atoms with Crippen LogP contribution in [0.3, 0.4) is 0 Å². The molecule has 0 aliphatic carbocycles. The first-order chi connectivity index (χ1) is 4.39. The van der Waals surface area contributed by atoms with Gasteiger partial charge in [-0.15, -0.1) is 0 Å². The number of hydrogen-bond donors (Lipinski definition) is 1. The highest BCUT2D eigenvalue weighted by atomic mass is 19.4. The van der Waals surface area contributed by atoms with Crippen LogP contribution in [0.1, 0.15) is 20.3 Å². The Labute approximate surface area is 57.9 Å². The standard InChI is InChI=1S/C6H11F3O/c1-3-4(2)5(10)6(7,8)9/h4-5,10H,3H2,1-2H3. The summed E-state index contributed by atoms with van der Waals surface area (Å²) in [6.45, 7) is 2.98. The van der Waals surface area contributed by atoms with Crippen LogP contribution in [0.5, 0.6) is 0 Å². The van der Waals surface area contributed by atoms with Gasteiger partial charge in [0.2, 0.25) is 0 Å². The largest absolute Gasteiger partial charge is 0.414 e. The van der Waals surface area contributed by atoms with E-state index in [0.29, 0.717) is 6.42 Å². The monoisotopic (exact) mass is 156 g/mol. The van der Waals surface area contributed by atoms with Crippen molar-refractivity contribution in [2.75, 3.05) is 0 Å². The predicted octanol–water partition coefficient (Wildman–Crippen LogP) is 1.96. The van der Waals surface area contributed by atoms with E-state index in [0.717, 1.165) is 0 Å². The van der Waals surface area contributed by atoms with Crippen LogP contribution in [-0.4, -0.2) is 17.4 Å². The molecular formula is C6H11F3O. The highest BCUT2D eigenvalue weighted by Gasteiger charge is 2.40. The van der Waals surface area contributed by atoms with Crippen molar-refractivity contribution < 1.29 is 18.3 Å². The molecule has 0 bridgehead atoms.